The number of fused-ring (bicyclic) bond motifs is 1. The lowest BCUT2D eigenvalue weighted by Gasteiger charge is -2.70. The number of hydrogen-bond acceptors (Lipinski definition) is 5. The molecule has 8 heteroatoms. The summed E-state index contributed by atoms with van der Waals surface area (Å²) in [6.07, 6.45) is 2.79. The zero-order chi connectivity index (χ0) is 20.9. The number of amides is 1. The number of thioether (sulfide) groups is 1. The summed E-state index contributed by atoms with van der Waals surface area (Å²) in [5.74, 6) is -0.0107. The number of carbonyl (C=O) groups excluding carboxylic acids is 1. The van der Waals surface area contributed by atoms with Crippen molar-refractivity contribution in [1.82, 2.24) is 10.6 Å². The van der Waals surface area contributed by atoms with Crippen molar-refractivity contribution in [1.29, 1.82) is 0 Å². The second-order valence-corrected chi connectivity index (χ2v) is 10.3. The van der Waals surface area contributed by atoms with E-state index in [-0.39, 0.29) is 22.0 Å². The number of hydrogen-bond donors (Lipinski definition) is 3. The number of halogens is 2. The third-order valence-corrected chi connectivity index (χ3v) is 7.45. The molecule has 1 amide bonds. The average Bonchev–Trinajstić information content (AvgIpc) is 3.03. The molecule has 5 nitrogen and oxygen atoms in total. The molecule has 0 saturated heterocycles. The van der Waals surface area contributed by atoms with Crippen molar-refractivity contribution >= 4 is 35.0 Å². The number of anilines is 1. The SMILES string of the molecule is CC1Nc2ccc(C(=O)NC34CC(NCCOc5ccc(Cl)c(F)c5)(C3)C4)cc2S1. The van der Waals surface area contributed by atoms with Gasteiger partial charge in [0.15, 0.2) is 0 Å². The van der Waals surface area contributed by atoms with Gasteiger partial charge in [-0.2, -0.15) is 0 Å². The van der Waals surface area contributed by atoms with E-state index in [9.17, 15) is 9.18 Å². The molecule has 158 valence electrons. The van der Waals surface area contributed by atoms with E-state index in [0.29, 0.717) is 29.8 Å². The Balaban J connectivity index is 1.07. The fourth-order valence-corrected chi connectivity index (χ4v) is 5.93. The van der Waals surface area contributed by atoms with Crippen molar-refractivity contribution in [3.05, 3.63) is 52.8 Å². The highest BCUT2D eigenvalue weighted by Crippen LogP contribution is 2.60. The molecule has 1 aliphatic heterocycles. The minimum atomic E-state index is -0.480. The molecule has 0 spiro atoms. The van der Waals surface area contributed by atoms with Gasteiger partial charge in [0, 0.05) is 39.8 Å². The molecular weight excluding hydrogens is 425 g/mol. The minimum Gasteiger partial charge on any atom is -0.492 e. The Hall–Kier alpha value is -1.96. The van der Waals surface area contributed by atoms with Gasteiger partial charge in [0.25, 0.3) is 5.91 Å². The third-order valence-electron chi connectivity index (χ3n) is 6.08. The van der Waals surface area contributed by atoms with Crippen molar-refractivity contribution < 1.29 is 13.9 Å². The first-order valence-corrected chi connectivity index (χ1v) is 11.3. The zero-order valence-corrected chi connectivity index (χ0v) is 18.1. The Bertz CT molecular complexity index is 998. The van der Waals surface area contributed by atoms with Gasteiger partial charge in [0.05, 0.1) is 10.4 Å². The Morgan fingerprint density at radius 3 is 2.83 bits per heavy atom. The first-order valence-electron chi connectivity index (χ1n) is 10.1. The molecule has 4 aliphatic rings. The van der Waals surface area contributed by atoms with Crippen molar-refractivity contribution in [2.75, 3.05) is 18.5 Å². The van der Waals surface area contributed by atoms with Crippen LogP contribution in [0.25, 0.3) is 0 Å². The number of carbonyl (C=O) groups is 1. The summed E-state index contributed by atoms with van der Waals surface area (Å²) in [4.78, 5) is 13.8. The van der Waals surface area contributed by atoms with E-state index in [0.717, 1.165) is 29.8 Å². The first kappa shape index (κ1) is 20.0. The largest absolute Gasteiger partial charge is 0.492 e. The summed E-state index contributed by atoms with van der Waals surface area (Å²) in [6.45, 7) is 3.22. The van der Waals surface area contributed by atoms with Crippen LogP contribution in [-0.2, 0) is 0 Å². The van der Waals surface area contributed by atoms with E-state index >= 15 is 0 Å². The van der Waals surface area contributed by atoms with E-state index in [1.807, 2.05) is 18.2 Å². The second-order valence-electron chi connectivity index (χ2n) is 8.51. The molecule has 1 atom stereocenters. The molecule has 3 fully saturated rings. The van der Waals surface area contributed by atoms with E-state index in [2.05, 4.69) is 22.9 Å². The smallest absolute Gasteiger partial charge is 0.251 e. The molecule has 6 rings (SSSR count). The van der Waals surface area contributed by atoms with Gasteiger partial charge in [-0.15, -0.1) is 0 Å². The van der Waals surface area contributed by atoms with Crippen molar-refractivity contribution in [2.45, 2.75) is 47.5 Å². The van der Waals surface area contributed by atoms with Crippen LogP contribution in [0.15, 0.2) is 41.3 Å². The maximum absolute atomic E-state index is 13.4. The van der Waals surface area contributed by atoms with E-state index in [4.69, 9.17) is 16.3 Å². The second kappa shape index (κ2) is 7.32. The number of rotatable bonds is 7. The molecule has 30 heavy (non-hydrogen) atoms. The van der Waals surface area contributed by atoms with Crippen LogP contribution in [-0.4, -0.2) is 35.5 Å². The summed E-state index contributed by atoms with van der Waals surface area (Å²) >= 11 is 7.42. The van der Waals surface area contributed by atoms with E-state index in [1.165, 1.54) is 12.1 Å². The Morgan fingerprint density at radius 1 is 1.27 bits per heavy atom. The third kappa shape index (κ3) is 3.63. The molecule has 1 heterocycles. The fraction of sp³-hybridized carbons (Fsp3) is 0.409. The molecule has 2 bridgehead atoms. The maximum atomic E-state index is 13.4. The quantitative estimate of drug-likeness (QED) is 0.548. The van der Waals surface area contributed by atoms with Crippen LogP contribution in [0.5, 0.6) is 5.75 Å². The molecule has 1 unspecified atom stereocenters. The van der Waals surface area contributed by atoms with Crippen LogP contribution >= 0.6 is 23.4 Å². The predicted molar refractivity (Wildman–Crippen MR) is 117 cm³/mol. The van der Waals surface area contributed by atoms with Gasteiger partial charge in [-0.05, 0) is 56.5 Å². The van der Waals surface area contributed by atoms with Gasteiger partial charge in [-0.1, -0.05) is 23.4 Å². The highest BCUT2D eigenvalue weighted by molar-refractivity contribution is 8.00. The molecule has 3 N–H and O–H groups in total. The number of ether oxygens (including phenoxy) is 1. The van der Waals surface area contributed by atoms with Crippen molar-refractivity contribution in [2.24, 2.45) is 0 Å². The van der Waals surface area contributed by atoms with Crippen LogP contribution in [0.4, 0.5) is 10.1 Å². The lowest BCUT2D eigenvalue weighted by atomic mass is 9.44. The summed E-state index contributed by atoms with van der Waals surface area (Å²) < 4.78 is 19.0. The molecule has 2 aromatic rings. The number of benzene rings is 2. The normalized spacial score (nSPS) is 28.0. The average molecular weight is 448 g/mol. The van der Waals surface area contributed by atoms with Gasteiger partial charge in [-0.25, -0.2) is 4.39 Å². The summed E-state index contributed by atoms with van der Waals surface area (Å²) in [6, 6.07) is 10.3. The maximum Gasteiger partial charge on any atom is 0.251 e. The topological polar surface area (TPSA) is 62.4 Å². The van der Waals surface area contributed by atoms with Gasteiger partial charge in [0.2, 0.25) is 0 Å². The Kier molecular flexibility index (Phi) is 4.87. The lowest BCUT2D eigenvalue weighted by Crippen LogP contribution is -2.83. The molecule has 3 saturated carbocycles. The zero-order valence-electron chi connectivity index (χ0n) is 16.6. The molecule has 0 radical (unpaired) electrons. The van der Waals surface area contributed by atoms with Crippen LogP contribution < -0.4 is 20.7 Å². The molecular formula is C22H23ClFN3O2S. The summed E-state index contributed by atoms with van der Waals surface area (Å²) in [5, 5.41) is 10.6. The molecule has 0 aromatic heterocycles. The minimum absolute atomic E-state index is 0.000601. The summed E-state index contributed by atoms with van der Waals surface area (Å²) in [5.41, 5.74) is 1.82. The van der Waals surface area contributed by atoms with Gasteiger partial charge in [0.1, 0.15) is 18.2 Å². The van der Waals surface area contributed by atoms with Gasteiger partial charge in [-0.3, -0.25) is 4.79 Å². The summed E-state index contributed by atoms with van der Waals surface area (Å²) in [7, 11) is 0. The first-order chi connectivity index (χ1) is 14.4. The van der Waals surface area contributed by atoms with Crippen molar-refractivity contribution in [3.63, 3.8) is 0 Å². The lowest BCUT2D eigenvalue weighted by molar-refractivity contribution is -0.0981. The van der Waals surface area contributed by atoms with Crippen LogP contribution in [0.3, 0.4) is 0 Å². The van der Waals surface area contributed by atoms with Gasteiger partial charge >= 0.3 is 0 Å². The van der Waals surface area contributed by atoms with Gasteiger partial charge < -0.3 is 20.7 Å². The fourth-order valence-electron chi connectivity index (χ4n) is 4.79. The Labute approximate surface area is 184 Å². The molecule has 2 aromatic carbocycles. The Morgan fingerprint density at radius 2 is 2.07 bits per heavy atom. The predicted octanol–water partition coefficient (Wildman–Crippen LogP) is 4.42. The standard InChI is InChI=1S/C22H23ClFN3O2S/c1-13-26-18-5-2-14(8-19(18)30-13)20(28)27-22-10-21(11-22,12-22)25-6-7-29-15-3-4-16(23)17(24)9-15/h2-5,8-9,13,25-26H,6-7,10-12H2,1H3,(H,27,28). The number of nitrogens with one attached hydrogen (secondary N) is 3. The van der Waals surface area contributed by atoms with Crippen LogP contribution in [0, 0.1) is 5.82 Å². The van der Waals surface area contributed by atoms with Crippen molar-refractivity contribution in [3.8, 4) is 5.75 Å². The van der Waals surface area contributed by atoms with Crippen LogP contribution in [0.2, 0.25) is 5.02 Å². The van der Waals surface area contributed by atoms with E-state index in [1.54, 1.807) is 17.8 Å². The highest BCUT2D eigenvalue weighted by Gasteiger charge is 2.68. The highest BCUT2D eigenvalue weighted by atomic mass is 35.5. The molecule has 3 aliphatic carbocycles. The van der Waals surface area contributed by atoms with E-state index < -0.39 is 5.82 Å². The monoisotopic (exact) mass is 447 g/mol. The van der Waals surface area contributed by atoms with Crippen LogP contribution in [0.1, 0.15) is 36.5 Å².